The highest BCUT2D eigenvalue weighted by atomic mass is 16.3. The summed E-state index contributed by atoms with van der Waals surface area (Å²) in [4.78, 5) is 13.3. The molecule has 3 fully saturated rings. The topological polar surface area (TPSA) is 49.3 Å². The predicted molar refractivity (Wildman–Crippen MR) is 128 cm³/mol. The van der Waals surface area contributed by atoms with Gasteiger partial charge < -0.3 is 10.4 Å². The Morgan fingerprint density at radius 3 is 2.42 bits per heavy atom. The first kappa shape index (κ1) is 22.8. The molecule has 0 unspecified atom stereocenters. The maximum atomic E-state index is 13.3. The minimum absolute atomic E-state index is 0.173. The van der Waals surface area contributed by atoms with Crippen LogP contribution in [0.3, 0.4) is 0 Å². The molecule has 2 N–H and O–H groups in total. The van der Waals surface area contributed by atoms with Gasteiger partial charge in [0.25, 0.3) is 0 Å². The Morgan fingerprint density at radius 2 is 1.74 bits per heavy atom. The number of hydrogen-bond acceptors (Lipinski definition) is 3. The molecule has 0 heterocycles. The van der Waals surface area contributed by atoms with E-state index in [1.165, 1.54) is 44.9 Å². The maximum Gasteiger partial charge on any atom is 0.155 e. The molecule has 5 atom stereocenters. The molecule has 1 aromatic carbocycles. The highest BCUT2D eigenvalue weighted by Crippen LogP contribution is 2.62. The van der Waals surface area contributed by atoms with E-state index in [1.54, 1.807) is 0 Å². The smallest absolute Gasteiger partial charge is 0.155 e. The number of aliphatic hydroxyl groups is 1. The molecule has 3 saturated carbocycles. The summed E-state index contributed by atoms with van der Waals surface area (Å²) in [6, 6.07) is 10.1. The number of Topliss-reactive ketones (excluding diaryl/α,β-unsaturated/α-hetero) is 1. The molecule has 0 aliphatic heterocycles. The number of nitrogens with one attached hydrogen (secondary N) is 1. The first-order chi connectivity index (χ1) is 14.8. The van der Waals surface area contributed by atoms with Crippen LogP contribution in [0.4, 0.5) is 5.69 Å². The fraction of sp³-hybridized carbons (Fsp3) is 0.750. The molecule has 0 spiro atoms. The van der Waals surface area contributed by atoms with Gasteiger partial charge in [-0.3, -0.25) is 4.79 Å². The third kappa shape index (κ3) is 4.72. The van der Waals surface area contributed by atoms with E-state index in [9.17, 15) is 9.90 Å². The molecule has 1 aromatic rings. The van der Waals surface area contributed by atoms with Crippen LogP contribution < -0.4 is 5.32 Å². The molecule has 3 nitrogen and oxygen atoms in total. The molecular formula is C28H43NO2. The Labute approximate surface area is 189 Å². The van der Waals surface area contributed by atoms with Crippen molar-refractivity contribution in [2.45, 2.75) is 90.6 Å². The minimum Gasteiger partial charge on any atom is -0.390 e. The maximum absolute atomic E-state index is 13.3. The van der Waals surface area contributed by atoms with Crippen LogP contribution in [0.1, 0.15) is 85.0 Å². The summed E-state index contributed by atoms with van der Waals surface area (Å²) in [5, 5.41) is 13.8. The summed E-state index contributed by atoms with van der Waals surface area (Å²) in [5.41, 5.74) is 0.763. The second-order valence-corrected chi connectivity index (χ2v) is 11.4. The lowest BCUT2D eigenvalue weighted by Crippen LogP contribution is -2.46. The van der Waals surface area contributed by atoms with Gasteiger partial charge in [0.1, 0.15) is 0 Å². The first-order valence-corrected chi connectivity index (χ1v) is 12.9. The van der Waals surface area contributed by atoms with Crippen molar-refractivity contribution >= 4 is 11.5 Å². The Bertz CT molecular complexity index is 735. The lowest BCUT2D eigenvalue weighted by Gasteiger charge is -2.52. The molecule has 0 bridgehead atoms. The van der Waals surface area contributed by atoms with E-state index in [2.05, 4.69) is 19.2 Å². The Kier molecular flexibility index (Phi) is 6.82. The highest BCUT2D eigenvalue weighted by molar-refractivity contribution is 5.86. The Balaban J connectivity index is 1.44. The zero-order chi connectivity index (χ0) is 22.1. The lowest BCUT2D eigenvalue weighted by atomic mass is 9.53. The van der Waals surface area contributed by atoms with Gasteiger partial charge in [0.05, 0.1) is 12.1 Å². The molecule has 3 heteroatoms. The normalized spacial score (nSPS) is 40.3. The standard InChI is InChI=1S/C28H43NO2/c1-4-8-23-22(20-13-16-27(2,31)17-14-20)15-18-28(3)24(23)11-12-25(28)26(30)19-29-21-9-6-5-7-10-21/h5-7,9-10,20,22-25,29,31H,4,8,11-19H2,1-3H3/t20-,22-,23-,24+,25-,27+,28+/m1/s1. The second-order valence-electron chi connectivity index (χ2n) is 11.4. The van der Waals surface area contributed by atoms with Crippen molar-refractivity contribution in [1.82, 2.24) is 0 Å². The number of carbonyl (C=O) groups excluding carboxylic acids is 1. The van der Waals surface area contributed by atoms with E-state index >= 15 is 0 Å². The minimum atomic E-state index is -0.448. The van der Waals surface area contributed by atoms with Crippen LogP contribution in [-0.4, -0.2) is 23.0 Å². The van der Waals surface area contributed by atoms with Crippen molar-refractivity contribution in [3.8, 4) is 0 Å². The van der Waals surface area contributed by atoms with Gasteiger partial charge in [-0.2, -0.15) is 0 Å². The molecule has 172 valence electrons. The third-order valence-electron chi connectivity index (χ3n) is 9.46. The molecule has 3 aliphatic carbocycles. The quantitative estimate of drug-likeness (QED) is 0.526. The number of rotatable bonds is 7. The van der Waals surface area contributed by atoms with Crippen molar-refractivity contribution in [2.75, 3.05) is 11.9 Å². The molecular weight excluding hydrogens is 382 g/mol. The molecule has 4 rings (SSSR count). The zero-order valence-corrected chi connectivity index (χ0v) is 19.9. The van der Waals surface area contributed by atoms with Gasteiger partial charge in [0, 0.05) is 11.6 Å². The predicted octanol–water partition coefficient (Wildman–Crippen LogP) is 6.47. The Morgan fingerprint density at radius 1 is 1.03 bits per heavy atom. The number of benzene rings is 1. The van der Waals surface area contributed by atoms with Crippen molar-refractivity contribution < 1.29 is 9.90 Å². The average Bonchev–Trinajstić information content (AvgIpc) is 3.11. The van der Waals surface area contributed by atoms with Gasteiger partial charge in [-0.25, -0.2) is 0 Å². The van der Waals surface area contributed by atoms with E-state index in [1.807, 2.05) is 37.3 Å². The van der Waals surface area contributed by atoms with Gasteiger partial charge in [-0.1, -0.05) is 44.9 Å². The summed E-state index contributed by atoms with van der Waals surface area (Å²) < 4.78 is 0. The van der Waals surface area contributed by atoms with Crippen molar-refractivity contribution in [3.05, 3.63) is 30.3 Å². The summed E-state index contributed by atoms with van der Waals surface area (Å²) in [5.74, 6) is 3.65. The molecule has 31 heavy (non-hydrogen) atoms. The van der Waals surface area contributed by atoms with E-state index in [-0.39, 0.29) is 11.3 Å². The monoisotopic (exact) mass is 425 g/mol. The highest BCUT2D eigenvalue weighted by Gasteiger charge is 2.56. The van der Waals surface area contributed by atoms with Gasteiger partial charge in [0.15, 0.2) is 5.78 Å². The number of hydrogen-bond donors (Lipinski definition) is 2. The van der Waals surface area contributed by atoms with E-state index in [0.29, 0.717) is 18.2 Å². The van der Waals surface area contributed by atoms with Crippen molar-refractivity contribution in [1.29, 1.82) is 0 Å². The Hall–Kier alpha value is -1.35. The third-order valence-corrected chi connectivity index (χ3v) is 9.46. The van der Waals surface area contributed by atoms with Crippen molar-refractivity contribution in [3.63, 3.8) is 0 Å². The average molecular weight is 426 g/mol. The number of para-hydroxylation sites is 1. The van der Waals surface area contributed by atoms with Crippen LogP contribution >= 0.6 is 0 Å². The van der Waals surface area contributed by atoms with Crippen molar-refractivity contribution in [2.24, 2.45) is 35.0 Å². The lowest BCUT2D eigenvalue weighted by molar-refractivity contribution is -0.127. The first-order valence-electron chi connectivity index (χ1n) is 12.9. The van der Waals surface area contributed by atoms with Crippen LogP contribution in [0, 0.1) is 35.0 Å². The summed E-state index contributed by atoms with van der Waals surface area (Å²) in [6.45, 7) is 7.24. The van der Waals surface area contributed by atoms with Crippen LogP contribution in [0.15, 0.2) is 30.3 Å². The van der Waals surface area contributed by atoms with E-state index < -0.39 is 5.60 Å². The van der Waals surface area contributed by atoms with Crippen LogP contribution in [-0.2, 0) is 4.79 Å². The van der Waals surface area contributed by atoms with Gasteiger partial charge in [-0.15, -0.1) is 0 Å². The molecule has 0 aromatic heterocycles. The van der Waals surface area contributed by atoms with Gasteiger partial charge in [-0.05, 0) is 99.5 Å². The number of carbonyl (C=O) groups is 1. The van der Waals surface area contributed by atoms with Crippen LogP contribution in [0.5, 0.6) is 0 Å². The van der Waals surface area contributed by atoms with E-state index in [4.69, 9.17) is 0 Å². The van der Waals surface area contributed by atoms with E-state index in [0.717, 1.165) is 42.7 Å². The van der Waals surface area contributed by atoms with Gasteiger partial charge >= 0.3 is 0 Å². The number of anilines is 1. The largest absolute Gasteiger partial charge is 0.390 e. The van der Waals surface area contributed by atoms with Crippen LogP contribution in [0.2, 0.25) is 0 Å². The molecule has 0 amide bonds. The fourth-order valence-electron chi connectivity index (χ4n) is 7.74. The summed E-state index contributed by atoms with van der Waals surface area (Å²) in [6.07, 6.45) is 11.6. The molecule has 0 radical (unpaired) electrons. The number of ketones is 1. The number of fused-ring (bicyclic) bond motifs is 1. The second kappa shape index (κ2) is 9.25. The molecule has 3 aliphatic rings. The summed E-state index contributed by atoms with van der Waals surface area (Å²) in [7, 11) is 0. The SMILES string of the molecule is CCC[C@H]1[C@@H]2CC[C@H](C(=O)CNc3ccccc3)[C@@]2(C)CC[C@@H]1[C@H]1CC[C@@](C)(O)CC1. The van der Waals surface area contributed by atoms with Gasteiger partial charge in [0.2, 0.25) is 0 Å². The van der Waals surface area contributed by atoms with Crippen LogP contribution in [0.25, 0.3) is 0 Å². The zero-order valence-electron chi connectivity index (χ0n) is 19.9. The summed E-state index contributed by atoms with van der Waals surface area (Å²) >= 11 is 0. The molecule has 0 saturated heterocycles. The fourth-order valence-corrected chi connectivity index (χ4v) is 7.74.